The molecule has 0 saturated heterocycles. The fourth-order valence-corrected chi connectivity index (χ4v) is 2.45. The summed E-state index contributed by atoms with van der Waals surface area (Å²) in [7, 11) is 4.15. The minimum Gasteiger partial charge on any atom is -0.380 e. The summed E-state index contributed by atoms with van der Waals surface area (Å²) in [5, 5.41) is 5.56. The summed E-state index contributed by atoms with van der Waals surface area (Å²) < 4.78 is 0. The fourth-order valence-electron chi connectivity index (χ4n) is 1.80. The second-order valence-corrected chi connectivity index (χ2v) is 5.36. The Morgan fingerprint density at radius 3 is 2.71 bits per heavy atom. The second-order valence-electron chi connectivity index (χ2n) is 4.33. The summed E-state index contributed by atoms with van der Waals surface area (Å²) in [5.41, 5.74) is 3.74. The SMILES string of the molecule is Cc1ccc(NCc2cccs2)cc1N(C)C. The number of benzene rings is 1. The van der Waals surface area contributed by atoms with Gasteiger partial charge in [0.2, 0.25) is 0 Å². The third-order valence-electron chi connectivity index (χ3n) is 2.74. The van der Waals surface area contributed by atoms with E-state index in [0.717, 1.165) is 6.54 Å². The Morgan fingerprint density at radius 1 is 1.24 bits per heavy atom. The summed E-state index contributed by atoms with van der Waals surface area (Å²) in [6.45, 7) is 3.03. The number of hydrogen-bond donors (Lipinski definition) is 1. The largest absolute Gasteiger partial charge is 0.380 e. The number of aryl methyl sites for hydroxylation is 1. The quantitative estimate of drug-likeness (QED) is 0.884. The highest BCUT2D eigenvalue weighted by molar-refractivity contribution is 7.09. The van der Waals surface area contributed by atoms with Gasteiger partial charge in [-0.2, -0.15) is 0 Å². The van der Waals surface area contributed by atoms with Crippen LogP contribution in [0.4, 0.5) is 11.4 Å². The Balaban J connectivity index is 2.09. The Labute approximate surface area is 107 Å². The molecule has 0 aliphatic rings. The molecule has 1 heterocycles. The van der Waals surface area contributed by atoms with E-state index in [9.17, 15) is 0 Å². The molecule has 0 aliphatic heterocycles. The third-order valence-corrected chi connectivity index (χ3v) is 3.61. The van der Waals surface area contributed by atoms with Gasteiger partial charge in [-0.15, -0.1) is 11.3 Å². The monoisotopic (exact) mass is 246 g/mol. The van der Waals surface area contributed by atoms with Gasteiger partial charge < -0.3 is 10.2 Å². The first-order chi connectivity index (χ1) is 8.16. The molecule has 0 atom stereocenters. The van der Waals surface area contributed by atoms with Gasteiger partial charge in [-0.25, -0.2) is 0 Å². The highest BCUT2D eigenvalue weighted by Gasteiger charge is 2.02. The summed E-state index contributed by atoms with van der Waals surface area (Å²) in [5.74, 6) is 0. The summed E-state index contributed by atoms with van der Waals surface area (Å²) >= 11 is 1.78. The van der Waals surface area contributed by atoms with Gasteiger partial charge in [0.05, 0.1) is 0 Å². The molecule has 0 spiro atoms. The van der Waals surface area contributed by atoms with Crippen molar-refractivity contribution in [3.8, 4) is 0 Å². The van der Waals surface area contributed by atoms with Crippen LogP contribution in [0, 0.1) is 6.92 Å². The normalized spacial score (nSPS) is 10.3. The predicted molar refractivity (Wildman–Crippen MR) is 77.2 cm³/mol. The van der Waals surface area contributed by atoms with E-state index in [2.05, 4.69) is 66.9 Å². The lowest BCUT2D eigenvalue weighted by molar-refractivity contribution is 1.11. The third kappa shape index (κ3) is 3.01. The van der Waals surface area contributed by atoms with Gasteiger partial charge in [0, 0.05) is 36.9 Å². The van der Waals surface area contributed by atoms with Crippen LogP contribution in [0.25, 0.3) is 0 Å². The van der Waals surface area contributed by atoms with E-state index in [1.165, 1.54) is 21.8 Å². The average Bonchev–Trinajstić information content (AvgIpc) is 2.80. The Morgan fingerprint density at radius 2 is 2.06 bits per heavy atom. The molecule has 0 amide bonds. The molecule has 2 rings (SSSR count). The van der Waals surface area contributed by atoms with Crippen LogP contribution in [-0.4, -0.2) is 14.1 Å². The van der Waals surface area contributed by atoms with Crippen LogP contribution in [0.3, 0.4) is 0 Å². The summed E-state index contributed by atoms with van der Waals surface area (Å²) in [4.78, 5) is 3.50. The van der Waals surface area contributed by atoms with Crippen molar-refractivity contribution in [1.29, 1.82) is 0 Å². The Bertz CT molecular complexity index is 475. The zero-order valence-corrected chi connectivity index (χ0v) is 11.3. The van der Waals surface area contributed by atoms with Gasteiger partial charge in [0.25, 0.3) is 0 Å². The summed E-state index contributed by atoms with van der Waals surface area (Å²) in [6.07, 6.45) is 0. The fraction of sp³-hybridized carbons (Fsp3) is 0.286. The number of rotatable bonds is 4. The molecule has 0 saturated carbocycles. The van der Waals surface area contributed by atoms with Crippen LogP contribution in [0.15, 0.2) is 35.7 Å². The molecule has 1 aromatic carbocycles. The van der Waals surface area contributed by atoms with E-state index >= 15 is 0 Å². The molecule has 2 nitrogen and oxygen atoms in total. The lowest BCUT2D eigenvalue weighted by Gasteiger charge is -2.17. The van der Waals surface area contributed by atoms with Gasteiger partial charge in [0.1, 0.15) is 0 Å². The highest BCUT2D eigenvalue weighted by atomic mass is 32.1. The van der Waals surface area contributed by atoms with Crippen molar-refractivity contribution in [2.45, 2.75) is 13.5 Å². The maximum atomic E-state index is 3.45. The van der Waals surface area contributed by atoms with Crippen LogP contribution >= 0.6 is 11.3 Å². The number of thiophene rings is 1. The number of nitrogens with one attached hydrogen (secondary N) is 1. The van der Waals surface area contributed by atoms with Gasteiger partial charge in [0.15, 0.2) is 0 Å². The van der Waals surface area contributed by atoms with Crippen molar-refractivity contribution in [2.75, 3.05) is 24.3 Å². The average molecular weight is 246 g/mol. The molecule has 0 aliphatic carbocycles. The molecule has 0 radical (unpaired) electrons. The molecular weight excluding hydrogens is 228 g/mol. The van der Waals surface area contributed by atoms with Gasteiger partial charge in [-0.1, -0.05) is 12.1 Å². The van der Waals surface area contributed by atoms with Crippen molar-refractivity contribution in [2.24, 2.45) is 0 Å². The molecule has 1 aromatic heterocycles. The molecular formula is C14H18N2S. The first-order valence-electron chi connectivity index (χ1n) is 5.71. The van der Waals surface area contributed by atoms with Crippen molar-refractivity contribution in [3.05, 3.63) is 46.2 Å². The lowest BCUT2D eigenvalue weighted by atomic mass is 10.1. The highest BCUT2D eigenvalue weighted by Crippen LogP contribution is 2.23. The van der Waals surface area contributed by atoms with E-state index < -0.39 is 0 Å². The Hall–Kier alpha value is -1.48. The van der Waals surface area contributed by atoms with E-state index in [1.54, 1.807) is 11.3 Å². The molecule has 1 N–H and O–H groups in total. The van der Waals surface area contributed by atoms with E-state index in [4.69, 9.17) is 0 Å². The van der Waals surface area contributed by atoms with Crippen LogP contribution < -0.4 is 10.2 Å². The zero-order valence-electron chi connectivity index (χ0n) is 10.5. The Kier molecular flexibility index (Phi) is 3.69. The van der Waals surface area contributed by atoms with Gasteiger partial charge in [-0.3, -0.25) is 0 Å². The number of anilines is 2. The molecule has 2 aromatic rings. The second kappa shape index (κ2) is 5.23. The predicted octanol–water partition coefficient (Wildman–Crippen LogP) is 3.73. The van der Waals surface area contributed by atoms with Crippen molar-refractivity contribution in [3.63, 3.8) is 0 Å². The maximum absolute atomic E-state index is 3.45. The van der Waals surface area contributed by atoms with Crippen molar-refractivity contribution < 1.29 is 0 Å². The van der Waals surface area contributed by atoms with Crippen molar-refractivity contribution in [1.82, 2.24) is 0 Å². The minimum absolute atomic E-state index is 0.896. The number of nitrogens with zero attached hydrogens (tertiary/aromatic N) is 1. The number of hydrogen-bond acceptors (Lipinski definition) is 3. The lowest BCUT2D eigenvalue weighted by Crippen LogP contribution is -2.10. The van der Waals surface area contributed by atoms with Crippen LogP contribution in [0.1, 0.15) is 10.4 Å². The van der Waals surface area contributed by atoms with Crippen LogP contribution in [0.5, 0.6) is 0 Å². The molecule has 3 heteroatoms. The van der Waals surface area contributed by atoms with Crippen LogP contribution in [-0.2, 0) is 6.54 Å². The molecule has 0 bridgehead atoms. The molecule has 90 valence electrons. The topological polar surface area (TPSA) is 15.3 Å². The maximum Gasteiger partial charge on any atom is 0.0494 e. The van der Waals surface area contributed by atoms with Crippen LogP contribution in [0.2, 0.25) is 0 Å². The van der Waals surface area contributed by atoms with E-state index in [1.807, 2.05) is 0 Å². The van der Waals surface area contributed by atoms with E-state index in [0.29, 0.717) is 0 Å². The minimum atomic E-state index is 0.896. The van der Waals surface area contributed by atoms with Gasteiger partial charge in [-0.05, 0) is 36.1 Å². The van der Waals surface area contributed by atoms with Crippen molar-refractivity contribution >= 4 is 22.7 Å². The molecule has 17 heavy (non-hydrogen) atoms. The van der Waals surface area contributed by atoms with E-state index in [-0.39, 0.29) is 0 Å². The smallest absolute Gasteiger partial charge is 0.0494 e. The molecule has 0 unspecified atom stereocenters. The molecule has 0 fully saturated rings. The zero-order chi connectivity index (χ0) is 12.3. The first-order valence-corrected chi connectivity index (χ1v) is 6.59. The summed E-state index contributed by atoms with van der Waals surface area (Å²) in [6, 6.07) is 10.7. The van der Waals surface area contributed by atoms with Gasteiger partial charge >= 0.3 is 0 Å². The first kappa shape index (κ1) is 12.0. The standard InChI is InChI=1S/C14H18N2S/c1-11-6-7-12(9-14(11)16(2)3)15-10-13-5-4-8-17-13/h4-9,15H,10H2,1-3H3.